The van der Waals surface area contributed by atoms with E-state index < -0.39 is 11.7 Å². The van der Waals surface area contributed by atoms with Crippen molar-refractivity contribution in [2.24, 2.45) is 0 Å². The Labute approximate surface area is 107 Å². The molecule has 0 bridgehead atoms. The van der Waals surface area contributed by atoms with Gasteiger partial charge in [0.1, 0.15) is 0 Å². The van der Waals surface area contributed by atoms with Gasteiger partial charge in [-0.15, -0.1) is 0 Å². The van der Waals surface area contributed by atoms with Gasteiger partial charge in [-0.25, -0.2) is 0 Å². The second-order valence-electron chi connectivity index (χ2n) is 4.37. The summed E-state index contributed by atoms with van der Waals surface area (Å²) in [4.78, 5) is 3.00. The van der Waals surface area contributed by atoms with Crippen LogP contribution in [0.3, 0.4) is 0 Å². The molecule has 0 saturated carbocycles. The lowest BCUT2D eigenvalue weighted by molar-refractivity contribution is -0.137. The highest BCUT2D eigenvalue weighted by molar-refractivity contribution is 5.86. The van der Waals surface area contributed by atoms with Crippen LogP contribution in [-0.4, -0.2) is 4.98 Å². The first-order chi connectivity index (χ1) is 9.04. The average molecular weight is 261 g/mol. The first kappa shape index (κ1) is 11.8. The molecule has 0 atom stereocenters. The lowest BCUT2D eigenvalue weighted by atomic mass is 10.0. The number of hydrogen-bond donors (Lipinski definition) is 1. The van der Waals surface area contributed by atoms with E-state index in [4.69, 9.17) is 0 Å². The Morgan fingerprint density at radius 3 is 2.05 bits per heavy atom. The molecule has 3 rings (SSSR count). The zero-order chi connectivity index (χ0) is 13.5. The Hall–Kier alpha value is -2.23. The van der Waals surface area contributed by atoms with Crippen molar-refractivity contribution in [3.8, 4) is 11.1 Å². The van der Waals surface area contributed by atoms with Crippen molar-refractivity contribution in [2.75, 3.05) is 0 Å². The summed E-state index contributed by atoms with van der Waals surface area (Å²) >= 11 is 0. The van der Waals surface area contributed by atoms with E-state index in [9.17, 15) is 13.2 Å². The Bertz CT molecular complexity index is 708. The number of rotatable bonds is 1. The second-order valence-corrected chi connectivity index (χ2v) is 4.37. The summed E-state index contributed by atoms with van der Waals surface area (Å²) in [6, 6.07) is 11.0. The number of aromatic amines is 1. The van der Waals surface area contributed by atoms with Crippen molar-refractivity contribution in [2.45, 2.75) is 6.18 Å². The van der Waals surface area contributed by atoms with Crippen molar-refractivity contribution < 1.29 is 13.2 Å². The molecule has 0 saturated heterocycles. The monoisotopic (exact) mass is 261 g/mol. The summed E-state index contributed by atoms with van der Waals surface area (Å²) in [5.41, 5.74) is 1.05. The molecule has 1 aromatic heterocycles. The minimum Gasteiger partial charge on any atom is -0.366 e. The van der Waals surface area contributed by atoms with E-state index in [2.05, 4.69) is 4.98 Å². The van der Waals surface area contributed by atoms with Gasteiger partial charge >= 0.3 is 6.18 Å². The Morgan fingerprint density at radius 2 is 1.37 bits per heavy atom. The molecule has 1 heterocycles. The van der Waals surface area contributed by atoms with Crippen LogP contribution < -0.4 is 0 Å². The van der Waals surface area contributed by atoms with E-state index >= 15 is 0 Å². The van der Waals surface area contributed by atoms with E-state index in [0.29, 0.717) is 0 Å². The van der Waals surface area contributed by atoms with Crippen molar-refractivity contribution in [3.05, 3.63) is 60.4 Å². The van der Waals surface area contributed by atoms with Gasteiger partial charge in [0.25, 0.3) is 0 Å². The summed E-state index contributed by atoms with van der Waals surface area (Å²) in [5, 5.41) is 2.12. The first-order valence-electron chi connectivity index (χ1n) is 5.78. The van der Waals surface area contributed by atoms with Gasteiger partial charge in [-0.2, -0.15) is 13.2 Å². The molecule has 1 N–H and O–H groups in total. The van der Waals surface area contributed by atoms with Crippen LogP contribution in [0, 0.1) is 0 Å². The van der Waals surface area contributed by atoms with Crippen LogP contribution in [0.15, 0.2) is 54.9 Å². The smallest absolute Gasteiger partial charge is 0.366 e. The molecule has 0 spiro atoms. The number of fused-ring (bicyclic) bond motifs is 1. The van der Waals surface area contributed by atoms with Crippen LogP contribution in [0.5, 0.6) is 0 Å². The SMILES string of the molecule is FC(F)(F)c1ccc(-c2ccc3c[nH]cc3c2)cc1. The van der Waals surface area contributed by atoms with Crippen molar-refractivity contribution in [1.82, 2.24) is 4.98 Å². The molecule has 4 heteroatoms. The summed E-state index contributed by atoms with van der Waals surface area (Å²) in [5.74, 6) is 0. The molecule has 3 aromatic rings. The number of benzene rings is 2. The molecule has 96 valence electrons. The Balaban J connectivity index is 2.01. The Kier molecular flexibility index (Phi) is 2.59. The minimum atomic E-state index is -4.29. The van der Waals surface area contributed by atoms with Crippen molar-refractivity contribution in [3.63, 3.8) is 0 Å². The fourth-order valence-electron chi connectivity index (χ4n) is 2.08. The van der Waals surface area contributed by atoms with E-state index in [1.54, 1.807) is 0 Å². The van der Waals surface area contributed by atoms with Gasteiger partial charge in [0.05, 0.1) is 5.56 Å². The zero-order valence-corrected chi connectivity index (χ0v) is 9.83. The highest BCUT2D eigenvalue weighted by Crippen LogP contribution is 2.31. The third kappa shape index (κ3) is 2.21. The maximum atomic E-state index is 12.5. The average Bonchev–Trinajstić information content (AvgIpc) is 2.85. The third-order valence-corrected chi connectivity index (χ3v) is 3.11. The van der Waals surface area contributed by atoms with Crippen LogP contribution in [-0.2, 0) is 6.18 Å². The minimum absolute atomic E-state index is 0.626. The molecular weight excluding hydrogens is 251 g/mol. The number of aromatic nitrogens is 1. The quantitative estimate of drug-likeness (QED) is 0.644. The van der Waals surface area contributed by atoms with Gasteiger partial charge in [0.2, 0.25) is 0 Å². The molecule has 0 aliphatic carbocycles. The van der Waals surface area contributed by atoms with Gasteiger partial charge in [-0.1, -0.05) is 24.3 Å². The molecule has 0 aliphatic heterocycles. The maximum Gasteiger partial charge on any atom is 0.416 e. The van der Waals surface area contributed by atoms with Crippen LogP contribution in [0.25, 0.3) is 21.9 Å². The predicted molar refractivity (Wildman–Crippen MR) is 68.7 cm³/mol. The normalized spacial score (nSPS) is 11.9. The van der Waals surface area contributed by atoms with E-state index in [1.807, 2.05) is 30.6 Å². The number of nitrogens with one attached hydrogen (secondary N) is 1. The number of halogens is 3. The largest absolute Gasteiger partial charge is 0.416 e. The van der Waals surface area contributed by atoms with Crippen LogP contribution >= 0.6 is 0 Å². The van der Waals surface area contributed by atoms with Gasteiger partial charge in [0.15, 0.2) is 0 Å². The Morgan fingerprint density at radius 1 is 0.737 bits per heavy atom. The molecule has 19 heavy (non-hydrogen) atoms. The lowest BCUT2D eigenvalue weighted by Gasteiger charge is -2.08. The molecule has 0 aliphatic rings. The predicted octanol–water partition coefficient (Wildman–Crippen LogP) is 4.85. The highest BCUT2D eigenvalue weighted by atomic mass is 19.4. The van der Waals surface area contributed by atoms with Crippen LogP contribution in [0.1, 0.15) is 5.56 Å². The number of H-pyrrole nitrogens is 1. The molecule has 0 fully saturated rings. The third-order valence-electron chi connectivity index (χ3n) is 3.11. The summed E-state index contributed by atoms with van der Waals surface area (Å²) < 4.78 is 37.5. The fourth-order valence-corrected chi connectivity index (χ4v) is 2.08. The zero-order valence-electron chi connectivity index (χ0n) is 9.83. The number of alkyl halides is 3. The lowest BCUT2D eigenvalue weighted by Crippen LogP contribution is -2.03. The molecule has 1 nitrogen and oxygen atoms in total. The summed E-state index contributed by atoms with van der Waals surface area (Å²) in [6.07, 6.45) is -0.544. The molecule has 0 amide bonds. The molecule has 0 radical (unpaired) electrons. The number of hydrogen-bond acceptors (Lipinski definition) is 0. The summed E-state index contributed by atoms with van der Waals surface area (Å²) in [7, 11) is 0. The maximum absolute atomic E-state index is 12.5. The van der Waals surface area contributed by atoms with Gasteiger partial charge < -0.3 is 4.98 Å². The second kappa shape index (κ2) is 4.16. The van der Waals surface area contributed by atoms with Crippen LogP contribution in [0.4, 0.5) is 13.2 Å². The standard InChI is InChI=1S/C15H10F3N/c16-15(17,18)14-5-3-10(4-6-14)11-1-2-12-8-19-9-13(12)7-11/h1-9,19H. The van der Waals surface area contributed by atoms with E-state index in [0.717, 1.165) is 34.0 Å². The van der Waals surface area contributed by atoms with E-state index in [-0.39, 0.29) is 0 Å². The van der Waals surface area contributed by atoms with Gasteiger partial charge in [0, 0.05) is 12.4 Å². The van der Waals surface area contributed by atoms with Gasteiger partial charge in [-0.3, -0.25) is 0 Å². The molecule has 2 aromatic carbocycles. The topological polar surface area (TPSA) is 15.8 Å². The summed E-state index contributed by atoms with van der Waals surface area (Å²) in [6.45, 7) is 0. The molecular formula is C15H10F3N. The van der Waals surface area contributed by atoms with Crippen LogP contribution in [0.2, 0.25) is 0 Å². The van der Waals surface area contributed by atoms with E-state index in [1.165, 1.54) is 12.1 Å². The fraction of sp³-hybridized carbons (Fsp3) is 0.0667. The first-order valence-corrected chi connectivity index (χ1v) is 5.78. The van der Waals surface area contributed by atoms with Crippen molar-refractivity contribution >= 4 is 10.8 Å². The van der Waals surface area contributed by atoms with Gasteiger partial charge in [-0.05, 0) is 40.1 Å². The molecule has 0 unspecified atom stereocenters. The van der Waals surface area contributed by atoms with Crippen molar-refractivity contribution in [1.29, 1.82) is 0 Å². The highest BCUT2D eigenvalue weighted by Gasteiger charge is 2.29.